The van der Waals surface area contributed by atoms with Crippen molar-refractivity contribution in [2.75, 3.05) is 11.1 Å². The molecule has 0 aliphatic carbocycles. The van der Waals surface area contributed by atoms with Crippen LogP contribution >= 0.6 is 0 Å². The van der Waals surface area contributed by atoms with E-state index in [-0.39, 0.29) is 11.3 Å². The van der Waals surface area contributed by atoms with E-state index in [1.165, 1.54) is 12.3 Å². The molecule has 106 valence electrons. The van der Waals surface area contributed by atoms with Crippen LogP contribution in [0, 0.1) is 0 Å². The van der Waals surface area contributed by atoms with Gasteiger partial charge in [-0.05, 0) is 12.5 Å². The molecule has 0 spiro atoms. The van der Waals surface area contributed by atoms with Crippen LogP contribution in [0.25, 0.3) is 0 Å². The van der Waals surface area contributed by atoms with Crippen molar-refractivity contribution in [2.45, 2.75) is 19.9 Å². The molecule has 0 unspecified atom stereocenters. The lowest BCUT2D eigenvalue weighted by Crippen LogP contribution is -2.09. The lowest BCUT2D eigenvalue weighted by molar-refractivity contribution is 0.0698. The van der Waals surface area contributed by atoms with Crippen LogP contribution in [-0.4, -0.2) is 25.8 Å². The summed E-state index contributed by atoms with van der Waals surface area (Å²) in [5.74, 6) is -0.695. The number of rotatable bonds is 5. The molecule has 0 aromatic carbocycles. The lowest BCUT2D eigenvalue weighted by atomic mass is 10.2. The molecule has 2 rings (SSSR count). The van der Waals surface area contributed by atoms with Gasteiger partial charge < -0.3 is 16.2 Å². The van der Waals surface area contributed by atoms with Gasteiger partial charge in [0.15, 0.2) is 0 Å². The van der Waals surface area contributed by atoms with Crippen LogP contribution in [0.2, 0.25) is 0 Å². The first-order valence-corrected chi connectivity index (χ1v) is 6.26. The number of nitrogens with zero attached hydrogens (tertiary/aromatic N) is 3. The van der Waals surface area contributed by atoms with Gasteiger partial charge in [0.25, 0.3) is 0 Å². The second-order valence-corrected chi connectivity index (χ2v) is 4.41. The highest BCUT2D eigenvalue weighted by Crippen LogP contribution is 2.21. The topological polar surface area (TPSA) is 106 Å². The van der Waals surface area contributed by atoms with Crippen molar-refractivity contribution in [1.82, 2.24) is 14.8 Å². The molecule has 2 aromatic rings. The largest absolute Gasteiger partial charge is 0.478 e. The smallest absolute Gasteiger partial charge is 0.337 e. The van der Waals surface area contributed by atoms with Gasteiger partial charge in [-0.2, -0.15) is 5.10 Å². The highest BCUT2D eigenvalue weighted by Gasteiger charge is 2.13. The molecule has 0 radical (unpaired) electrons. The fourth-order valence-electron chi connectivity index (χ4n) is 2.01. The SMILES string of the molecule is CCc1nn(C)cc1CNc1nccc(C(=O)O)c1N. The predicted molar refractivity (Wildman–Crippen MR) is 75.5 cm³/mol. The monoisotopic (exact) mass is 275 g/mol. The van der Waals surface area contributed by atoms with Gasteiger partial charge in [0.1, 0.15) is 5.82 Å². The Bertz CT molecular complexity index is 636. The molecule has 0 aliphatic rings. The number of hydrogen-bond donors (Lipinski definition) is 3. The van der Waals surface area contributed by atoms with Crippen molar-refractivity contribution in [3.63, 3.8) is 0 Å². The Morgan fingerprint density at radius 3 is 2.95 bits per heavy atom. The summed E-state index contributed by atoms with van der Waals surface area (Å²) in [5, 5.41) is 16.4. The maximum Gasteiger partial charge on any atom is 0.337 e. The number of anilines is 2. The van der Waals surface area contributed by atoms with Crippen molar-refractivity contribution < 1.29 is 9.90 Å². The van der Waals surface area contributed by atoms with Crippen LogP contribution in [0.1, 0.15) is 28.5 Å². The Kier molecular flexibility index (Phi) is 3.88. The lowest BCUT2D eigenvalue weighted by Gasteiger charge is -2.09. The van der Waals surface area contributed by atoms with Crippen LogP contribution < -0.4 is 11.1 Å². The maximum absolute atomic E-state index is 11.0. The van der Waals surface area contributed by atoms with E-state index in [1.807, 2.05) is 20.2 Å². The van der Waals surface area contributed by atoms with E-state index < -0.39 is 5.97 Å². The standard InChI is InChI=1S/C13H17N5O2/c1-3-10-8(7-18(2)17-10)6-16-12-11(14)9(13(19)20)4-5-15-12/h4-5,7H,3,6,14H2,1-2H3,(H,15,16)(H,19,20). The fourth-order valence-corrected chi connectivity index (χ4v) is 2.01. The molecule has 0 fully saturated rings. The number of aromatic carboxylic acids is 1. The molecule has 0 saturated heterocycles. The van der Waals surface area contributed by atoms with Crippen LogP contribution in [0.5, 0.6) is 0 Å². The molecule has 0 atom stereocenters. The summed E-state index contributed by atoms with van der Waals surface area (Å²) < 4.78 is 1.75. The number of nitrogen functional groups attached to an aromatic ring is 1. The third kappa shape index (κ3) is 2.71. The number of nitrogens with one attached hydrogen (secondary N) is 1. The molecule has 20 heavy (non-hydrogen) atoms. The number of carboxylic acid groups (broad SMARTS) is 1. The summed E-state index contributed by atoms with van der Waals surface area (Å²) in [6, 6.07) is 1.38. The van der Waals surface area contributed by atoms with E-state index in [1.54, 1.807) is 4.68 Å². The number of aromatic nitrogens is 3. The highest BCUT2D eigenvalue weighted by molar-refractivity contribution is 5.96. The minimum absolute atomic E-state index is 0.0457. The minimum Gasteiger partial charge on any atom is -0.478 e. The van der Waals surface area contributed by atoms with Gasteiger partial charge in [0, 0.05) is 31.5 Å². The minimum atomic E-state index is -1.07. The van der Waals surface area contributed by atoms with Crippen molar-refractivity contribution in [2.24, 2.45) is 7.05 Å². The van der Waals surface area contributed by atoms with Gasteiger partial charge in [-0.1, -0.05) is 6.92 Å². The molecule has 0 amide bonds. The second-order valence-electron chi connectivity index (χ2n) is 4.41. The van der Waals surface area contributed by atoms with Gasteiger partial charge in [-0.3, -0.25) is 4.68 Å². The fraction of sp³-hybridized carbons (Fsp3) is 0.308. The molecule has 0 aliphatic heterocycles. The maximum atomic E-state index is 11.0. The average molecular weight is 275 g/mol. The third-order valence-corrected chi connectivity index (χ3v) is 2.99. The first-order valence-electron chi connectivity index (χ1n) is 6.26. The summed E-state index contributed by atoms with van der Waals surface area (Å²) in [7, 11) is 1.86. The van der Waals surface area contributed by atoms with E-state index >= 15 is 0 Å². The molecule has 0 bridgehead atoms. The average Bonchev–Trinajstić information content (AvgIpc) is 2.77. The molecule has 7 heteroatoms. The first-order chi connectivity index (χ1) is 9.52. The van der Waals surface area contributed by atoms with Crippen molar-refractivity contribution in [1.29, 1.82) is 0 Å². The molecule has 0 saturated carbocycles. The Morgan fingerprint density at radius 1 is 1.55 bits per heavy atom. The van der Waals surface area contributed by atoms with Crippen molar-refractivity contribution in [3.8, 4) is 0 Å². The summed E-state index contributed by atoms with van der Waals surface area (Å²) in [6.45, 7) is 2.53. The number of hydrogen-bond acceptors (Lipinski definition) is 5. The van der Waals surface area contributed by atoms with E-state index in [2.05, 4.69) is 15.4 Å². The zero-order chi connectivity index (χ0) is 14.7. The van der Waals surface area contributed by atoms with Gasteiger partial charge in [-0.15, -0.1) is 0 Å². The molecule has 7 nitrogen and oxygen atoms in total. The number of pyridine rings is 1. The van der Waals surface area contributed by atoms with Crippen LogP contribution in [-0.2, 0) is 20.0 Å². The second kappa shape index (κ2) is 5.60. The Hall–Kier alpha value is -2.57. The normalized spacial score (nSPS) is 10.5. The highest BCUT2D eigenvalue weighted by atomic mass is 16.4. The molecular formula is C13H17N5O2. The van der Waals surface area contributed by atoms with E-state index in [0.29, 0.717) is 12.4 Å². The summed E-state index contributed by atoms with van der Waals surface area (Å²) in [5.41, 5.74) is 8.02. The quantitative estimate of drug-likeness (QED) is 0.758. The molecule has 2 heterocycles. The van der Waals surface area contributed by atoms with Gasteiger partial charge in [-0.25, -0.2) is 9.78 Å². The molecular weight excluding hydrogens is 258 g/mol. The first kappa shape index (κ1) is 13.9. The number of carbonyl (C=O) groups is 1. The van der Waals surface area contributed by atoms with Crippen molar-refractivity contribution in [3.05, 3.63) is 35.3 Å². The Labute approximate surface area is 116 Å². The Balaban J connectivity index is 2.19. The summed E-state index contributed by atoms with van der Waals surface area (Å²) >= 11 is 0. The molecule has 2 aromatic heterocycles. The zero-order valence-electron chi connectivity index (χ0n) is 11.4. The summed E-state index contributed by atoms with van der Waals surface area (Å²) in [6.07, 6.45) is 4.17. The van der Waals surface area contributed by atoms with Crippen molar-refractivity contribution >= 4 is 17.5 Å². The number of nitrogens with two attached hydrogens (primary N) is 1. The van der Waals surface area contributed by atoms with Crippen LogP contribution in [0.15, 0.2) is 18.5 Å². The van der Waals surface area contributed by atoms with Gasteiger partial charge in [0.05, 0.1) is 16.9 Å². The predicted octanol–water partition coefficient (Wildman–Crippen LogP) is 1.27. The zero-order valence-corrected chi connectivity index (χ0v) is 11.4. The number of aryl methyl sites for hydroxylation is 2. The van der Waals surface area contributed by atoms with Gasteiger partial charge in [0.2, 0.25) is 0 Å². The van der Waals surface area contributed by atoms with E-state index in [9.17, 15) is 4.79 Å². The molecule has 4 N–H and O–H groups in total. The summed E-state index contributed by atoms with van der Waals surface area (Å²) in [4.78, 5) is 15.1. The Morgan fingerprint density at radius 2 is 2.30 bits per heavy atom. The van der Waals surface area contributed by atoms with Crippen LogP contribution in [0.3, 0.4) is 0 Å². The van der Waals surface area contributed by atoms with Crippen LogP contribution in [0.4, 0.5) is 11.5 Å². The third-order valence-electron chi connectivity index (χ3n) is 2.99. The van der Waals surface area contributed by atoms with E-state index in [4.69, 9.17) is 10.8 Å². The van der Waals surface area contributed by atoms with Gasteiger partial charge >= 0.3 is 5.97 Å². The number of carboxylic acids is 1. The van der Waals surface area contributed by atoms with E-state index in [0.717, 1.165) is 17.7 Å².